The molecule has 2 atom stereocenters. The van der Waals surface area contributed by atoms with Gasteiger partial charge in [-0.25, -0.2) is 9.59 Å². The number of ether oxygens (including phenoxy) is 1. The van der Waals surface area contributed by atoms with Crippen molar-refractivity contribution in [3.8, 4) is 11.1 Å². The molecule has 0 aliphatic heterocycles. The Morgan fingerprint density at radius 2 is 1.68 bits per heavy atom. The Labute approximate surface area is 204 Å². The largest absolute Gasteiger partial charge is 0.480 e. The van der Waals surface area contributed by atoms with Crippen molar-refractivity contribution < 1.29 is 24.2 Å². The van der Waals surface area contributed by atoms with Crippen LogP contribution in [0.2, 0.25) is 0 Å². The number of carbonyl (C=O) groups excluding carboxylic acids is 2. The van der Waals surface area contributed by atoms with Crippen molar-refractivity contribution in [3.05, 3.63) is 59.7 Å². The second kappa shape index (κ2) is 12.5. The Morgan fingerprint density at radius 3 is 2.26 bits per heavy atom. The molecular weight excluding hydrogens is 452 g/mol. The van der Waals surface area contributed by atoms with Crippen LogP contribution in [0.1, 0.15) is 43.7 Å². The van der Waals surface area contributed by atoms with Gasteiger partial charge in [-0.15, -0.1) is 0 Å². The number of rotatable bonds is 12. The normalized spacial score (nSPS) is 13.9. The zero-order valence-electron chi connectivity index (χ0n) is 19.6. The number of nitrogens with one attached hydrogen (secondary N) is 2. The van der Waals surface area contributed by atoms with Crippen LogP contribution in [-0.4, -0.2) is 53.8 Å². The molecule has 1 aliphatic carbocycles. The lowest BCUT2D eigenvalue weighted by molar-refractivity contribution is -0.142. The van der Waals surface area contributed by atoms with Crippen LogP contribution in [0.3, 0.4) is 0 Å². The van der Waals surface area contributed by atoms with Crippen molar-refractivity contribution in [2.24, 2.45) is 5.92 Å². The fourth-order valence-electron chi connectivity index (χ4n) is 4.07. The predicted octanol–water partition coefficient (Wildman–Crippen LogP) is 4.26. The Kier molecular flexibility index (Phi) is 9.39. The first-order valence-corrected chi connectivity index (χ1v) is 12.7. The maximum atomic E-state index is 12.2. The number of hydrogen-bond donors (Lipinski definition) is 3. The molecule has 3 rings (SSSR count). The van der Waals surface area contributed by atoms with E-state index >= 15 is 0 Å². The van der Waals surface area contributed by atoms with Crippen molar-refractivity contribution in [1.29, 1.82) is 0 Å². The minimum atomic E-state index is -1.02. The first-order chi connectivity index (χ1) is 16.4. The quantitative estimate of drug-likeness (QED) is 0.389. The smallest absolute Gasteiger partial charge is 0.407 e. The number of benzene rings is 2. The van der Waals surface area contributed by atoms with E-state index in [1.54, 1.807) is 0 Å². The van der Waals surface area contributed by atoms with E-state index in [1.807, 2.05) is 38.1 Å². The fraction of sp³-hybridized carbons (Fsp3) is 0.423. The topological polar surface area (TPSA) is 105 Å². The maximum Gasteiger partial charge on any atom is 0.407 e. The fourth-order valence-corrected chi connectivity index (χ4v) is 4.73. The Hall–Kier alpha value is -3.00. The van der Waals surface area contributed by atoms with Crippen LogP contribution in [0.4, 0.5) is 4.79 Å². The van der Waals surface area contributed by atoms with Gasteiger partial charge < -0.3 is 20.5 Å². The van der Waals surface area contributed by atoms with E-state index in [0.717, 1.165) is 17.5 Å². The highest BCUT2D eigenvalue weighted by Crippen LogP contribution is 2.44. The van der Waals surface area contributed by atoms with Gasteiger partial charge in [0.05, 0.1) is 5.75 Å². The second-order valence-electron chi connectivity index (χ2n) is 8.51. The van der Waals surface area contributed by atoms with Crippen molar-refractivity contribution in [2.45, 2.75) is 38.6 Å². The first kappa shape index (κ1) is 25.6. The summed E-state index contributed by atoms with van der Waals surface area (Å²) in [6, 6.07) is 15.5. The molecule has 3 N–H and O–H groups in total. The molecule has 0 heterocycles. The predicted molar refractivity (Wildman–Crippen MR) is 134 cm³/mol. The molecule has 2 unspecified atom stereocenters. The number of alkyl carbamates (subject to hydrolysis) is 1. The molecule has 34 heavy (non-hydrogen) atoms. The first-order valence-electron chi connectivity index (χ1n) is 11.6. The lowest BCUT2D eigenvalue weighted by atomic mass is 9.98. The highest BCUT2D eigenvalue weighted by Gasteiger charge is 2.29. The summed E-state index contributed by atoms with van der Waals surface area (Å²) in [6.07, 6.45) is 0.771. The van der Waals surface area contributed by atoms with Crippen LogP contribution >= 0.6 is 11.8 Å². The van der Waals surface area contributed by atoms with E-state index in [0.29, 0.717) is 18.7 Å². The molecule has 1 aliphatic rings. The van der Waals surface area contributed by atoms with Gasteiger partial charge >= 0.3 is 12.1 Å². The molecular formula is C26H32N2O5S. The van der Waals surface area contributed by atoms with Gasteiger partial charge in [-0.2, -0.15) is 11.8 Å². The highest BCUT2D eigenvalue weighted by atomic mass is 32.2. The van der Waals surface area contributed by atoms with Gasteiger partial charge in [0, 0.05) is 18.2 Å². The summed E-state index contributed by atoms with van der Waals surface area (Å²) in [7, 11) is 0. The molecule has 0 saturated heterocycles. The third-order valence-corrected chi connectivity index (χ3v) is 7.02. The van der Waals surface area contributed by atoms with Crippen molar-refractivity contribution in [2.75, 3.05) is 24.7 Å². The molecule has 182 valence electrons. The molecule has 2 aromatic carbocycles. The lowest BCUT2D eigenvalue weighted by Crippen LogP contribution is -2.42. The molecule has 0 spiro atoms. The number of hydrogen-bond acceptors (Lipinski definition) is 5. The van der Waals surface area contributed by atoms with Crippen LogP contribution < -0.4 is 10.6 Å². The Balaban J connectivity index is 1.36. The summed E-state index contributed by atoms with van der Waals surface area (Å²) in [6.45, 7) is 4.56. The molecule has 2 amide bonds. The van der Waals surface area contributed by atoms with Crippen molar-refractivity contribution in [3.63, 3.8) is 0 Å². The standard InChI is InChI=1S/C26H32N2O5S/c1-3-17(2)14-23(25(30)31)28-24(29)16-34-13-12-27-26(32)33-15-22-20-10-6-4-8-18(20)19-9-5-7-11-21(19)22/h4-11,17,22-23H,3,12-16H2,1-2H3,(H,27,32)(H,28,29)(H,30,31). The van der Waals surface area contributed by atoms with E-state index in [9.17, 15) is 19.5 Å². The summed E-state index contributed by atoms with van der Waals surface area (Å²) in [5.74, 6) is -0.459. The second-order valence-corrected chi connectivity index (χ2v) is 9.62. The summed E-state index contributed by atoms with van der Waals surface area (Å²) >= 11 is 1.33. The Bertz CT molecular complexity index is 967. The number of carboxylic acids is 1. The van der Waals surface area contributed by atoms with Gasteiger partial charge in [-0.05, 0) is 34.6 Å². The van der Waals surface area contributed by atoms with E-state index in [4.69, 9.17) is 4.74 Å². The lowest BCUT2D eigenvalue weighted by Gasteiger charge is -2.17. The maximum absolute atomic E-state index is 12.2. The number of aliphatic carboxylic acids is 1. The summed E-state index contributed by atoms with van der Waals surface area (Å²) in [5.41, 5.74) is 4.67. The minimum absolute atomic E-state index is 0.00817. The van der Waals surface area contributed by atoms with Gasteiger partial charge in [0.1, 0.15) is 12.6 Å². The van der Waals surface area contributed by atoms with Crippen LogP contribution in [0, 0.1) is 5.92 Å². The van der Waals surface area contributed by atoms with Gasteiger partial charge in [-0.3, -0.25) is 4.79 Å². The molecule has 0 bridgehead atoms. The Morgan fingerprint density at radius 1 is 1.06 bits per heavy atom. The SMILES string of the molecule is CCC(C)CC(NC(=O)CSCCNC(=O)OCC1c2ccccc2-c2ccccc21)C(=O)O. The zero-order chi connectivity index (χ0) is 24.5. The molecule has 2 aromatic rings. The van der Waals surface area contributed by atoms with Crippen LogP contribution in [0.5, 0.6) is 0 Å². The van der Waals surface area contributed by atoms with Crippen LogP contribution in [0.15, 0.2) is 48.5 Å². The van der Waals surface area contributed by atoms with Crippen molar-refractivity contribution >= 4 is 29.7 Å². The monoisotopic (exact) mass is 484 g/mol. The summed E-state index contributed by atoms with van der Waals surface area (Å²) in [5, 5.41) is 14.6. The zero-order valence-corrected chi connectivity index (χ0v) is 20.4. The van der Waals surface area contributed by atoms with Gasteiger partial charge in [0.25, 0.3) is 0 Å². The average molecular weight is 485 g/mol. The number of thioether (sulfide) groups is 1. The highest BCUT2D eigenvalue weighted by molar-refractivity contribution is 7.99. The molecule has 7 nitrogen and oxygen atoms in total. The van der Waals surface area contributed by atoms with Crippen molar-refractivity contribution in [1.82, 2.24) is 10.6 Å². The third kappa shape index (κ3) is 6.76. The number of amides is 2. The number of fused-ring (bicyclic) bond motifs is 3. The molecule has 0 saturated carbocycles. The van der Waals surface area contributed by atoms with E-state index in [-0.39, 0.29) is 30.1 Å². The molecule has 0 radical (unpaired) electrons. The molecule has 8 heteroatoms. The van der Waals surface area contributed by atoms with E-state index in [1.165, 1.54) is 22.9 Å². The summed E-state index contributed by atoms with van der Waals surface area (Å²) in [4.78, 5) is 35.6. The number of carbonyl (C=O) groups is 3. The van der Waals surface area contributed by atoms with Gasteiger partial charge in [0.2, 0.25) is 5.91 Å². The van der Waals surface area contributed by atoms with Gasteiger partial charge in [0.15, 0.2) is 0 Å². The van der Waals surface area contributed by atoms with E-state index in [2.05, 4.69) is 34.9 Å². The van der Waals surface area contributed by atoms with E-state index < -0.39 is 18.1 Å². The average Bonchev–Trinajstić information content (AvgIpc) is 3.15. The molecule has 0 fully saturated rings. The minimum Gasteiger partial charge on any atom is -0.480 e. The van der Waals surface area contributed by atoms with Gasteiger partial charge in [-0.1, -0.05) is 68.8 Å². The summed E-state index contributed by atoms with van der Waals surface area (Å²) < 4.78 is 5.49. The van der Waals surface area contributed by atoms with Crippen LogP contribution in [-0.2, 0) is 14.3 Å². The number of carboxylic acid groups (broad SMARTS) is 1. The molecule has 0 aromatic heterocycles. The third-order valence-electron chi connectivity index (χ3n) is 6.06. The van der Waals surface area contributed by atoms with Crippen LogP contribution in [0.25, 0.3) is 11.1 Å².